The summed E-state index contributed by atoms with van der Waals surface area (Å²) in [5.74, 6) is -0.506. The van der Waals surface area contributed by atoms with E-state index in [9.17, 15) is 9.90 Å². The highest BCUT2D eigenvalue weighted by Crippen LogP contribution is 2.12. The maximum Gasteiger partial charge on any atom is 0.335 e. The monoisotopic (exact) mass is 320 g/mol. The largest absolute Gasteiger partial charge is 0.459 e. The molecule has 1 unspecified atom stereocenters. The van der Waals surface area contributed by atoms with E-state index in [0.29, 0.717) is 6.42 Å². The first-order valence-corrected chi connectivity index (χ1v) is 9.12. The van der Waals surface area contributed by atoms with Gasteiger partial charge in [-0.15, -0.1) is 0 Å². The Morgan fingerprint density at radius 3 is 2.13 bits per heavy atom. The molecule has 0 aliphatic heterocycles. The van der Waals surface area contributed by atoms with Crippen molar-refractivity contribution in [3.8, 4) is 0 Å². The summed E-state index contributed by atoms with van der Waals surface area (Å²) in [6, 6.07) is 9.54. The van der Waals surface area contributed by atoms with Crippen molar-refractivity contribution in [3.63, 3.8) is 0 Å². The van der Waals surface area contributed by atoms with Crippen LogP contribution in [0.1, 0.15) is 76.7 Å². The van der Waals surface area contributed by atoms with Gasteiger partial charge in [-0.25, -0.2) is 4.79 Å². The zero-order valence-electron chi connectivity index (χ0n) is 14.5. The van der Waals surface area contributed by atoms with Crippen LogP contribution in [0.15, 0.2) is 30.3 Å². The van der Waals surface area contributed by atoms with Crippen LogP contribution in [0, 0.1) is 0 Å². The van der Waals surface area contributed by atoms with Gasteiger partial charge >= 0.3 is 5.97 Å². The SMILES string of the molecule is CCCCCCCCCCCC(O)C(=O)OCc1ccccc1. The molecule has 3 nitrogen and oxygen atoms in total. The molecule has 23 heavy (non-hydrogen) atoms. The highest BCUT2D eigenvalue weighted by molar-refractivity contribution is 5.74. The van der Waals surface area contributed by atoms with E-state index in [1.165, 1.54) is 44.9 Å². The van der Waals surface area contributed by atoms with Gasteiger partial charge in [0, 0.05) is 0 Å². The first-order chi connectivity index (χ1) is 11.2. The molecule has 0 saturated carbocycles. The fraction of sp³-hybridized carbons (Fsp3) is 0.650. The number of unbranched alkanes of at least 4 members (excludes halogenated alkanes) is 8. The summed E-state index contributed by atoms with van der Waals surface area (Å²) in [7, 11) is 0. The number of esters is 1. The van der Waals surface area contributed by atoms with Gasteiger partial charge in [-0.05, 0) is 12.0 Å². The third kappa shape index (κ3) is 10.1. The summed E-state index contributed by atoms with van der Waals surface area (Å²) in [5.41, 5.74) is 0.941. The molecule has 0 saturated heterocycles. The number of benzene rings is 1. The molecule has 0 aliphatic carbocycles. The molecule has 0 bridgehead atoms. The maximum absolute atomic E-state index is 11.7. The van der Waals surface area contributed by atoms with E-state index in [1.807, 2.05) is 30.3 Å². The molecule has 0 fully saturated rings. The van der Waals surface area contributed by atoms with Crippen LogP contribution < -0.4 is 0 Å². The van der Waals surface area contributed by atoms with Crippen molar-refractivity contribution in [2.24, 2.45) is 0 Å². The lowest BCUT2D eigenvalue weighted by Crippen LogP contribution is -2.22. The standard InChI is InChI=1S/C20H32O3/c1-2-3-4-5-6-7-8-9-13-16-19(21)20(22)23-17-18-14-11-10-12-15-18/h10-12,14-15,19,21H,2-9,13,16-17H2,1H3. The highest BCUT2D eigenvalue weighted by Gasteiger charge is 2.15. The molecule has 1 aromatic carbocycles. The second-order valence-electron chi connectivity index (χ2n) is 6.23. The van der Waals surface area contributed by atoms with Crippen molar-refractivity contribution >= 4 is 5.97 Å². The first kappa shape index (κ1) is 19.7. The first-order valence-electron chi connectivity index (χ1n) is 9.12. The van der Waals surface area contributed by atoms with Crippen LogP contribution in [0.3, 0.4) is 0 Å². The van der Waals surface area contributed by atoms with Crippen LogP contribution in [0.5, 0.6) is 0 Å². The minimum absolute atomic E-state index is 0.231. The Kier molecular flexibility index (Phi) is 11.2. The molecule has 0 amide bonds. The number of hydrogen-bond acceptors (Lipinski definition) is 3. The summed E-state index contributed by atoms with van der Waals surface area (Å²) < 4.78 is 5.13. The number of rotatable bonds is 13. The van der Waals surface area contributed by atoms with Gasteiger partial charge in [0.25, 0.3) is 0 Å². The van der Waals surface area contributed by atoms with Crippen LogP contribution in [-0.4, -0.2) is 17.2 Å². The minimum atomic E-state index is -0.983. The van der Waals surface area contributed by atoms with E-state index < -0.39 is 12.1 Å². The zero-order chi connectivity index (χ0) is 16.8. The van der Waals surface area contributed by atoms with Crippen molar-refractivity contribution in [1.29, 1.82) is 0 Å². The van der Waals surface area contributed by atoms with Gasteiger partial charge in [-0.1, -0.05) is 95.0 Å². The minimum Gasteiger partial charge on any atom is -0.459 e. The van der Waals surface area contributed by atoms with Crippen molar-refractivity contribution in [2.45, 2.75) is 83.8 Å². The topological polar surface area (TPSA) is 46.5 Å². The second-order valence-corrected chi connectivity index (χ2v) is 6.23. The van der Waals surface area contributed by atoms with Gasteiger partial charge in [0.15, 0.2) is 6.10 Å². The molecule has 1 aromatic rings. The fourth-order valence-electron chi connectivity index (χ4n) is 2.59. The molecular formula is C20H32O3. The summed E-state index contributed by atoms with van der Waals surface area (Å²) in [5, 5.41) is 9.82. The smallest absolute Gasteiger partial charge is 0.335 e. The number of carbonyl (C=O) groups excluding carboxylic acids is 1. The summed E-state index contributed by atoms with van der Waals surface area (Å²) in [6.45, 7) is 2.46. The van der Waals surface area contributed by atoms with Crippen LogP contribution in [0.4, 0.5) is 0 Å². The number of carbonyl (C=O) groups is 1. The van der Waals surface area contributed by atoms with Crippen LogP contribution >= 0.6 is 0 Å². The number of aliphatic hydroxyl groups is 1. The van der Waals surface area contributed by atoms with Gasteiger partial charge in [-0.3, -0.25) is 0 Å². The third-order valence-corrected chi connectivity index (χ3v) is 4.08. The molecule has 130 valence electrons. The Hall–Kier alpha value is -1.35. The lowest BCUT2D eigenvalue weighted by atomic mass is 10.1. The highest BCUT2D eigenvalue weighted by atomic mass is 16.5. The van der Waals surface area contributed by atoms with Crippen molar-refractivity contribution in [3.05, 3.63) is 35.9 Å². The molecule has 1 atom stereocenters. The van der Waals surface area contributed by atoms with Gasteiger partial charge in [0.05, 0.1) is 0 Å². The van der Waals surface area contributed by atoms with Gasteiger partial charge in [0.2, 0.25) is 0 Å². The van der Waals surface area contributed by atoms with Gasteiger partial charge in [-0.2, -0.15) is 0 Å². The second kappa shape index (κ2) is 13.1. The lowest BCUT2D eigenvalue weighted by molar-refractivity contribution is -0.155. The van der Waals surface area contributed by atoms with Crippen molar-refractivity contribution < 1.29 is 14.6 Å². The predicted octanol–water partition coefficient (Wildman–Crippen LogP) is 5.01. The molecule has 0 aromatic heterocycles. The summed E-state index contributed by atoms with van der Waals surface area (Å²) in [6.07, 6.45) is 10.6. The number of aliphatic hydroxyl groups excluding tert-OH is 1. The van der Waals surface area contributed by atoms with E-state index in [-0.39, 0.29) is 6.61 Å². The Bertz CT molecular complexity index is 403. The van der Waals surface area contributed by atoms with E-state index in [0.717, 1.165) is 18.4 Å². The Morgan fingerprint density at radius 2 is 1.52 bits per heavy atom. The molecule has 1 N–H and O–H groups in total. The third-order valence-electron chi connectivity index (χ3n) is 4.08. The Labute approximate surface area is 141 Å². The molecule has 0 aliphatic rings. The molecule has 3 heteroatoms. The molecule has 1 rings (SSSR count). The van der Waals surface area contributed by atoms with Gasteiger partial charge in [0.1, 0.15) is 6.61 Å². The maximum atomic E-state index is 11.7. The average molecular weight is 320 g/mol. The molecule has 0 spiro atoms. The normalized spacial score (nSPS) is 12.1. The van der Waals surface area contributed by atoms with E-state index in [1.54, 1.807) is 0 Å². The summed E-state index contributed by atoms with van der Waals surface area (Å²) in [4.78, 5) is 11.7. The fourth-order valence-corrected chi connectivity index (χ4v) is 2.59. The Balaban J connectivity index is 1.98. The zero-order valence-corrected chi connectivity index (χ0v) is 14.5. The quantitative estimate of drug-likeness (QED) is 0.410. The number of ether oxygens (including phenoxy) is 1. The average Bonchev–Trinajstić information content (AvgIpc) is 2.59. The lowest BCUT2D eigenvalue weighted by Gasteiger charge is -2.10. The molecule has 0 heterocycles. The van der Waals surface area contributed by atoms with Crippen LogP contribution in [0.2, 0.25) is 0 Å². The summed E-state index contributed by atoms with van der Waals surface area (Å²) >= 11 is 0. The molecular weight excluding hydrogens is 288 g/mol. The van der Waals surface area contributed by atoms with Crippen molar-refractivity contribution in [1.82, 2.24) is 0 Å². The van der Waals surface area contributed by atoms with Crippen LogP contribution in [0.25, 0.3) is 0 Å². The van der Waals surface area contributed by atoms with Crippen molar-refractivity contribution in [2.75, 3.05) is 0 Å². The molecule has 0 radical (unpaired) electrons. The van der Waals surface area contributed by atoms with Gasteiger partial charge < -0.3 is 9.84 Å². The van der Waals surface area contributed by atoms with E-state index >= 15 is 0 Å². The van der Waals surface area contributed by atoms with Crippen LogP contribution in [-0.2, 0) is 16.1 Å². The van der Waals surface area contributed by atoms with E-state index in [4.69, 9.17) is 4.74 Å². The Morgan fingerprint density at radius 1 is 0.957 bits per heavy atom. The number of hydrogen-bond donors (Lipinski definition) is 1. The predicted molar refractivity (Wildman–Crippen MR) is 94.1 cm³/mol. The van der Waals surface area contributed by atoms with E-state index in [2.05, 4.69) is 6.92 Å².